The molecule has 2 atom stereocenters. The number of urea groups is 2. The van der Waals surface area contributed by atoms with Crippen LogP contribution in [0.25, 0.3) is 0 Å². The fourth-order valence-corrected chi connectivity index (χ4v) is 5.05. The van der Waals surface area contributed by atoms with Crippen LogP contribution < -0.4 is 20.4 Å². The van der Waals surface area contributed by atoms with Crippen LogP contribution in [0.15, 0.2) is 103 Å². The predicted octanol–water partition coefficient (Wildman–Crippen LogP) is 8.60. The maximum absolute atomic E-state index is 13.8. The van der Waals surface area contributed by atoms with Crippen molar-refractivity contribution in [1.82, 2.24) is 0 Å². The van der Waals surface area contributed by atoms with E-state index in [0.717, 1.165) is 16.9 Å². The molecule has 0 aromatic heterocycles. The fraction of sp³-hybridized carbons (Fsp3) is 0.133. The molecule has 0 saturated carbocycles. The van der Waals surface area contributed by atoms with Gasteiger partial charge >= 0.3 is 12.1 Å². The molecule has 0 unspecified atom stereocenters. The minimum absolute atomic E-state index is 0.197. The van der Waals surface area contributed by atoms with Gasteiger partial charge in [0.2, 0.25) is 0 Å². The van der Waals surface area contributed by atoms with Crippen molar-refractivity contribution in [2.24, 2.45) is 0 Å². The standard InChI is InChI=1S/C30H26Cl2N4O2/c1-20-19-28(36(25-7-3-2-4-8-25)30(38)34-24-17-13-22(32)14-18-24)26-9-5-6-10-27(26)35(20)29(37)33-23-15-11-21(31)12-16-23/h2-18,20,28H,19H2,1H3,(H,33,37)(H,34,38)/t20-,28+/m1/s1. The number of amides is 4. The van der Waals surface area contributed by atoms with E-state index in [2.05, 4.69) is 10.6 Å². The van der Waals surface area contributed by atoms with E-state index in [-0.39, 0.29) is 24.1 Å². The second-order valence-electron chi connectivity index (χ2n) is 9.11. The second kappa shape index (κ2) is 11.2. The lowest BCUT2D eigenvalue weighted by Gasteiger charge is -2.43. The Bertz CT molecular complexity index is 1430. The number of hydrogen-bond donors (Lipinski definition) is 2. The summed E-state index contributed by atoms with van der Waals surface area (Å²) in [6.45, 7) is 1.99. The van der Waals surface area contributed by atoms with Crippen LogP contribution in [0.2, 0.25) is 10.0 Å². The van der Waals surface area contributed by atoms with Gasteiger partial charge in [0.25, 0.3) is 0 Å². The van der Waals surface area contributed by atoms with Crippen molar-refractivity contribution in [2.45, 2.75) is 25.4 Å². The molecule has 1 heterocycles. The van der Waals surface area contributed by atoms with Crippen LogP contribution in [-0.4, -0.2) is 18.1 Å². The topological polar surface area (TPSA) is 64.7 Å². The lowest BCUT2D eigenvalue weighted by Crippen LogP contribution is -2.49. The lowest BCUT2D eigenvalue weighted by molar-refractivity contribution is 0.251. The van der Waals surface area contributed by atoms with Gasteiger partial charge in [-0.3, -0.25) is 9.80 Å². The molecule has 0 radical (unpaired) electrons. The summed E-state index contributed by atoms with van der Waals surface area (Å²) < 4.78 is 0. The van der Waals surface area contributed by atoms with E-state index in [1.165, 1.54) is 0 Å². The quantitative estimate of drug-likeness (QED) is 0.270. The van der Waals surface area contributed by atoms with Gasteiger partial charge in [-0.1, -0.05) is 59.6 Å². The molecule has 0 aliphatic carbocycles. The highest BCUT2D eigenvalue weighted by Crippen LogP contribution is 2.42. The summed E-state index contributed by atoms with van der Waals surface area (Å²) >= 11 is 12.0. The van der Waals surface area contributed by atoms with Crippen molar-refractivity contribution in [3.05, 3.63) is 119 Å². The molecule has 0 saturated heterocycles. The van der Waals surface area contributed by atoms with Crippen molar-refractivity contribution in [3.63, 3.8) is 0 Å². The highest BCUT2D eigenvalue weighted by molar-refractivity contribution is 6.31. The Kier molecular flexibility index (Phi) is 7.54. The van der Waals surface area contributed by atoms with E-state index >= 15 is 0 Å². The van der Waals surface area contributed by atoms with Gasteiger partial charge in [0.1, 0.15) is 0 Å². The average Bonchev–Trinajstić information content (AvgIpc) is 2.92. The van der Waals surface area contributed by atoms with Crippen LogP contribution in [0.3, 0.4) is 0 Å². The predicted molar refractivity (Wildman–Crippen MR) is 156 cm³/mol. The minimum atomic E-state index is -0.310. The Hall–Kier alpha value is -4.00. The van der Waals surface area contributed by atoms with Crippen molar-refractivity contribution in [1.29, 1.82) is 0 Å². The molecule has 1 aliphatic heterocycles. The normalized spacial score (nSPS) is 16.3. The Morgan fingerprint density at radius 3 is 1.95 bits per heavy atom. The third-order valence-corrected chi connectivity index (χ3v) is 7.04. The molecule has 2 N–H and O–H groups in total. The largest absolute Gasteiger partial charge is 0.326 e. The molecule has 8 heteroatoms. The molecule has 1 aliphatic rings. The van der Waals surface area contributed by atoms with E-state index in [4.69, 9.17) is 23.2 Å². The van der Waals surface area contributed by atoms with Crippen LogP contribution >= 0.6 is 23.2 Å². The smallest absolute Gasteiger partial charge is 0.308 e. The number of carbonyl (C=O) groups excluding carboxylic acids is 2. The van der Waals surface area contributed by atoms with Crippen LogP contribution in [0, 0.1) is 0 Å². The molecule has 0 bridgehead atoms. The molecule has 4 aromatic carbocycles. The molecule has 6 nitrogen and oxygen atoms in total. The van der Waals surface area contributed by atoms with Crippen molar-refractivity contribution < 1.29 is 9.59 Å². The zero-order valence-corrected chi connectivity index (χ0v) is 22.2. The fourth-order valence-electron chi connectivity index (χ4n) is 4.80. The van der Waals surface area contributed by atoms with E-state index in [1.54, 1.807) is 58.3 Å². The Balaban J connectivity index is 1.49. The minimum Gasteiger partial charge on any atom is -0.308 e. The number of para-hydroxylation sites is 2. The number of anilines is 4. The van der Waals surface area contributed by atoms with E-state index in [9.17, 15) is 9.59 Å². The molecule has 0 spiro atoms. The van der Waals surface area contributed by atoms with Gasteiger partial charge in [0.15, 0.2) is 0 Å². The number of fused-ring (bicyclic) bond motifs is 1. The van der Waals surface area contributed by atoms with Crippen LogP contribution in [-0.2, 0) is 0 Å². The number of nitrogens with zero attached hydrogens (tertiary/aromatic N) is 2. The number of carbonyl (C=O) groups is 2. The van der Waals surface area contributed by atoms with Crippen LogP contribution in [0.4, 0.5) is 32.3 Å². The zero-order chi connectivity index (χ0) is 26.6. The molecule has 0 fully saturated rings. The van der Waals surface area contributed by atoms with Gasteiger partial charge in [-0.05, 0) is 85.6 Å². The van der Waals surface area contributed by atoms with E-state index in [0.29, 0.717) is 27.8 Å². The Morgan fingerprint density at radius 1 is 0.763 bits per heavy atom. The third-order valence-electron chi connectivity index (χ3n) is 6.54. The molecule has 4 aromatic rings. The van der Waals surface area contributed by atoms with Crippen LogP contribution in [0.1, 0.15) is 24.9 Å². The number of hydrogen-bond acceptors (Lipinski definition) is 2. The lowest BCUT2D eigenvalue weighted by atomic mass is 9.90. The molecule has 5 rings (SSSR count). The van der Waals surface area contributed by atoms with E-state index in [1.807, 2.05) is 61.5 Å². The van der Waals surface area contributed by atoms with Crippen molar-refractivity contribution in [3.8, 4) is 0 Å². The SMILES string of the molecule is C[C@@H]1C[C@H](N(C(=O)Nc2ccc(Cl)cc2)c2ccccc2)c2ccccc2N1C(=O)Nc1ccc(Cl)cc1. The summed E-state index contributed by atoms with van der Waals surface area (Å²) in [6.07, 6.45) is 0.536. The van der Waals surface area contributed by atoms with E-state index < -0.39 is 0 Å². The van der Waals surface area contributed by atoms with Gasteiger partial charge < -0.3 is 10.6 Å². The first kappa shape index (κ1) is 25.6. The molecular weight excluding hydrogens is 519 g/mol. The Morgan fingerprint density at radius 2 is 1.32 bits per heavy atom. The zero-order valence-electron chi connectivity index (χ0n) is 20.6. The summed E-state index contributed by atoms with van der Waals surface area (Å²) in [6, 6.07) is 30.2. The van der Waals surface area contributed by atoms with Gasteiger partial charge in [-0.25, -0.2) is 9.59 Å². The maximum Gasteiger partial charge on any atom is 0.326 e. The molecular formula is C30H26Cl2N4O2. The number of benzene rings is 4. The Labute approximate surface area is 231 Å². The summed E-state index contributed by atoms with van der Waals surface area (Å²) in [7, 11) is 0. The highest BCUT2D eigenvalue weighted by atomic mass is 35.5. The van der Waals surface area contributed by atoms with Gasteiger partial charge in [0.05, 0.1) is 11.7 Å². The molecule has 192 valence electrons. The van der Waals surface area contributed by atoms with Crippen LogP contribution in [0.5, 0.6) is 0 Å². The molecule has 38 heavy (non-hydrogen) atoms. The number of nitrogens with one attached hydrogen (secondary N) is 2. The second-order valence-corrected chi connectivity index (χ2v) is 9.98. The summed E-state index contributed by atoms with van der Waals surface area (Å²) in [5.41, 5.74) is 3.68. The average molecular weight is 545 g/mol. The molecule has 4 amide bonds. The number of rotatable bonds is 4. The highest BCUT2D eigenvalue weighted by Gasteiger charge is 2.38. The monoisotopic (exact) mass is 544 g/mol. The first-order valence-corrected chi connectivity index (χ1v) is 13.0. The van der Waals surface area contributed by atoms with Gasteiger partial charge in [-0.15, -0.1) is 0 Å². The number of halogens is 2. The van der Waals surface area contributed by atoms with Crippen molar-refractivity contribution in [2.75, 3.05) is 20.4 Å². The first-order chi connectivity index (χ1) is 18.4. The summed E-state index contributed by atoms with van der Waals surface area (Å²) in [5.74, 6) is 0. The van der Waals surface area contributed by atoms with Gasteiger partial charge in [0, 0.05) is 33.1 Å². The maximum atomic E-state index is 13.8. The summed E-state index contributed by atoms with van der Waals surface area (Å²) in [4.78, 5) is 30.7. The third kappa shape index (κ3) is 5.47. The van der Waals surface area contributed by atoms with Gasteiger partial charge in [-0.2, -0.15) is 0 Å². The first-order valence-electron chi connectivity index (χ1n) is 12.3. The summed E-state index contributed by atoms with van der Waals surface area (Å²) in [5, 5.41) is 7.17. The van der Waals surface area contributed by atoms with Crippen molar-refractivity contribution >= 4 is 58.0 Å².